The molecule has 28 heavy (non-hydrogen) atoms. The number of benzene rings is 1. The first-order valence-corrected chi connectivity index (χ1v) is 10.4. The number of hydrogen-bond acceptors (Lipinski definition) is 6. The van der Waals surface area contributed by atoms with Crippen molar-refractivity contribution >= 4 is 23.7 Å². The summed E-state index contributed by atoms with van der Waals surface area (Å²) in [6.45, 7) is 8.42. The molecule has 0 spiro atoms. The number of carbonyl (C=O) groups is 2. The van der Waals surface area contributed by atoms with E-state index in [1.165, 1.54) is 17.3 Å². The minimum absolute atomic E-state index is 0.291. The summed E-state index contributed by atoms with van der Waals surface area (Å²) >= 11 is 1.39. The topological polar surface area (TPSA) is 55.8 Å². The first-order chi connectivity index (χ1) is 13.3. The fraction of sp³-hybridized carbons (Fsp3) is 0.455. The molecule has 0 atom stereocenters. The highest BCUT2D eigenvalue weighted by Crippen LogP contribution is 2.24. The molecule has 0 radical (unpaired) electrons. The number of nitrogens with zero attached hydrogens (tertiary/aromatic N) is 1. The smallest absolute Gasteiger partial charge is 0.354 e. The average molecular weight is 406 g/mol. The van der Waals surface area contributed by atoms with Crippen LogP contribution in [0.25, 0.3) is 0 Å². The number of hydrogen-bond donors (Lipinski definition) is 0. The van der Waals surface area contributed by atoms with Crippen molar-refractivity contribution in [1.82, 2.24) is 4.90 Å². The molecule has 0 aliphatic heterocycles. The molecular weight excluding hydrogens is 374 g/mol. The SMILES string of the molecule is CCOC(=O)C(=CC=C(C(=O)OCC)N(C)C)SCc1ccc(C(C)C)cc1. The highest BCUT2D eigenvalue weighted by molar-refractivity contribution is 8.03. The number of esters is 2. The van der Waals surface area contributed by atoms with Gasteiger partial charge in [0.1, 0.15) is 5.70 Å². The molecule has 154 valence electrons. The third-order valence-electron chi connectivity index (χ3n) is 3.88. The van der Waals surface area contributed by atoms with Crippen LogP contribution in [0.4, 0.5) is 0 Å². The first kappa shape index (κ1) is 23.8. The van der Waals surface area contributed by atoms with Crippen LogP contribution < -0.4 is 0 Å². The van der Waals surface area contributed by atoms with Crippen LogP contribution in [0.2, 0.25) is 0 Å². The fourth-order valence-corrected chi connectivity index (χ4v) is 3.15. The molecule has 5 nitrogen and oxygen atoms in total. The summed E-state index contributed by atoms with van der Waals surface area (Å²) < 4.78 is 10.2. The van der Waals surface area contributed by atoms with Gasteiger partial charge in [0.2, 0.25) is 0 Å². The zero-order chi connectivity index (χ0) is 21.1. The maximum atomic E-state index is 12.3. The Balaban J connectivity index is 3.01. The average Bonchev–Trinajstić information content (AvgIpc) is 2.64. The molecule has 0 fully saturated rings. The van der Waals surface area contributed by atoms with Gasteiger partial charge >= 0.3 is 11.9 Å². The molecule has 1 aromatic rings. The number of allylic oxidation sites excluding steroid dienone is 2. The van der Waals surface area contributed by atoms with Crippen molar-refractivity contribution in [3.63, 3.8) is 0 Å². The molecule has 0 aliphatic carbocycles. The van der Waals surface area contributed by atoms with Crippen LogP contribution >= 0.6 is 11.8 Å². The van der Waals surface area contributed by atoms with Gasteiger partial charge in [-0.3, -0.25) is 0 Å². The molecule has 6 heteroatoms. The number of thioether (sulfide) groups is 1. The van der Waals surface area contributed by atoms with Crippen LogP contribution in [0.5, 0.6) is 0 Å². The van der Waals surface area contributed by atoms with E-state index in [1.807, 2.05) is 0 Å². The van der Waals surface area contributed by atoms with Crippen LogP contribution in [0.3, 0.4) is 0 Å². The normalized spacial score (nSPS) is 12.1. The van der Waals surface area contributed by atoms with Crippen LogP contribution in [0.15, 0.2) is 47.0 Å². The molecule has 1 aromatic carbocycles. The highest BCUT2D eigenvalue weighted by Gasteiger charge is 2.15. The maximum absolute atomic E-state index is 12.3. The van der Waals surface area contributed by atoms with E-state index in [0.717, 1.165) is 5.56 Å². The predicted molar refractivity (Wildman–Crippen MR) is 115 cm³/mol. The van der Waals surface area contributed by atoms with Crippen molar-refractivity contribution in [3.8, 4) is 0 Å². The van der Waals surface area contributed by atoms with Crippen molar-refractivity contribution in [3.05, 3.63) is 58.1 Å². The number of likely N-dealkylation sites (N-methyl/N-ethyl adjacent to an activating group) is 1. The molecule has 0 bridgehead atoms. The Morgan fingerprint density at radius 3 is 2.07 bits per heavy atom. The largest absolute Gasteiger partial charge is 0.462 e. The Hall–Kier alpha value is -2.21. The first-order valence-electron chi connectivity index (χ1n) is 9.45. The van der Waals surface area contributed by atoms with Crippen LogP contribution in [-0.2, 0) is 24.8 Å². The van der Waals surface area contributed by atoms with Gasteiger partial charge in [-0.2, -0.15) is 0 Å². The van der Waals surface area contributed by atoms with Crippen molar-refractivity contribution in [2.24, 2.45) is 0 Å². The minimum Gasteiger partial charge on any atom is -0.462 e. The minimum atomic E-state index is -0.429. The van der Waals surface area contributed by atoms with Gasteiger partial charge in [-0.05, 0) is 43.0 Å². The van der Waals surface area contributed by atoms with Gasteiger partial charge in [-0.15, -0.1) is 11.8 Å². The van der Waals surface area contributed by atoms with Gasteiger partial charge in [-0.25, -0.2) is 9.59 Å². The van der Waals surface area contributed by atoms with E-state index in [-0.39, 0.29) is 0 Å². The van der Waals surface area contributed by atoms with Crippen LogP contribution in [-0.4, -0.2) is 44.1 Å². The second-order valence-electron chi connectivity index (χ2n) is 6.60. The number of ether oxygens (including phenoxy) is 2. The summed E-state index contributed by atoms with van der Waals surface area (Å²) in [6.07, 6.45) is 3.22. The van der Waals surface area contributed by atoms with E-state index < -0.39 is 11.9 Å². The van der Waals surface area contributed by atoms with Crippen molar-refractivity contribution in [2.75, 3.05) is 27.3 Å². The van der Waals surface area contributed by atoms with Crippen molar-refractivity contribution in [2.45, 2.75) is 39.4 Å². The Morgan fingerprint density at radius 1 is 1.00 bits per heavy atom. The van der Waals surface area contributed by atoms with E-state index in [9.17, 15) is 9.59 Å². The molecule has 0 saturated carbocycles. The summed E-state index contributed by atoms with van der Waals surface area (Å²) in [4.78, 5) is 26.5. The lowest BCUT2D eigenvalue weighted by molar-refractivity contribution is -0.140. The molecule has 0 amide bonds. The zero-order valence-corrected chi connectivity index (χ0v) is 18.5. The standard InChI is InChI=1S/C22H31NO4S/c1-7-26-21(24)19(23(5)6)13-14-20(22(25)27-8-2)28-15-17-9-11-18(12-10-17)16(3)4/h9-14,16H,7-8,15H2,1-6H3. The highest BCUT2D eigenvalue weighted by atomic mass is 32.2. The Morgan fingerprint density at radius 2 is 1.57 bits per heavy atom. The molecule has 0 aliphatic rings. The lowest BCUT2D eigenvalue weighted by Crippen LogP contribution is -2.21. The van der Waals surface area contributed by atoms with Gasteiger partial charge in [0.25, 0.3) is 0 Å². The number of rotatable bonds is 10. The maximum Gasteiger partial charge on any atom is 0.354 e. The molecule has 0 heterocycles. The third-order valence-corrected chi connectivity index (χ3v) is 4.97. The summed E-state index contributed by atoms with van der Waals surface area (Å²) in [5.41, 5.74) is 2.76. The van der Waals surface area contributed by atoms with E-state index >= 15 is 0 Å². The quantitative estimate of drug-likeness (QED) is 0.325. The van der Waals surface area contributed by atoms with Gasteiger partial charge in [0, 0.05) is 19.8 Å². The predicted octanol–water partition coefficient (Wildman–Crippen LogP) is 4.50. The van der Waals surface area contributed by atoms with E-state index in [0.29, 0.717) is 35.5 Å². The lowest BCUT2D eigenvalue weighted by atomic mass is 10.0. The van der Waals surface area contributed by atoms with Crippen LogP contribution in [0, 0.1) is 0 Å². The summed E-state index contributed by atoms with van der Waals surface area (Å²) in [5, 5.41) is 0. The van der Waals surface area contributed by atoms with Gasteiger partial charge in [-0.1, -0.05) is 38.1 Å². The van der Waals surface area contributed by atoms with Gasteiger partial charge < -0.3 is 14.4 Å². The second-order valence-corrected chi connectivity index (χ2v) is 7.62. The van der Waals surface area contributed by atoms with E-state index in [2.05, 4.69) is 38.1 Å². The summed E-state index contributed by atoms with van der Waals surface area (Å²) in [6, 6.07) is 8.37. The summed E-state index contributed by atoms with van der Waals surface area (Å²) in [7, 11) is 3.51. The van der Waals surface area contributed by atoms with Crippen molar-refractivity contribution in [1.29, 1.82) is 0 Å². The molecule has 0 N–H and O–H groups in total. The van der Waals surface area contributed by atoms with E-state index in [1.54, 1.807) is 45.0 Å². The molecule has 0 unspecified atom stereocenters. The lowest BCUT2D eigenvalue weighted by Gasteiger charge is -2.15. The van der Waals surface area contributed by atoms with Crippen molar-refractivity contribution < 1.29 is 19.1 Å². The zero-order valence-electron chi connectivity index (χ0n) is 17.7. The Labute approximate surface area is 172 Å². The number of carbonyl (C=O) groups excluding carboxylic acids is 2. The third kappa shape index (κ3) is 7.80. The van der Waals surface area contributed by atoms with Gasteiger partial charge in [0.15, 0.2) is 0 Å². The molecule has 0 aromatic heterocycles. The van der Waals surface area contributed by atoms with E-state index in [4.69, 9.17) is 9.47 Å². The molecular formula is C22H31NO4S. The summed E-state index contributed by atoms with van der Waals surface area (Å²) in [5.74, 6) is 0.285. The molecule has 0 saturated heterocycles. The monoisotopic (exact) mass is 405 g/mol. The Bertz CT molecular complexity index is 706. The van der Waals surface area contributed by atoms with Gasteiger partial charge in [0.05, 0.1) is 18.1 Å². The fourth-order valence-electron chi connectivity index (χ4n) is 2.30. The second kappa shape index (κ2) is 12.3. The molecule has 1 rings (SSSR count). The van der Waals surface area contributed by atoms with Crippen LogP contribution in [0.1, 0.15) is 44.7 Å². The Kier molecular flexibility index (Phi) is 10.5.